The molecule has 4 aromatic rings. The number of fused-ring (bicyclic) bond motifs is 2. The van der Waals surface area contributed by atoms with Gasteiger partial charge in [-0.3, -0.25) is 0 Å². The van der Waals surface area contributed by atoms with E-state index in [9.17, 15) is 0 Å². The van der Waals surface area contributed by atoms with Crippen LogP contribution in [-0.4, -0.2) is 0 Å². The average Bonchev–Trinajstić information content (AvgIpc) is 3.06. The Morgan fingerprint density at radius 3 is 2.68 bits per heavy atom. The van der Waals surface area contributed by atoms with E-state index >= 15 is 0 Å². The summed E-state index contributed by atoms with van der Waals surface area (Å²) in [7, 11) is 0. The summed E-state index contributed by atoms with van der Waals surface area (Å²) >= 11 is 3.64. The quantitative estimate of drug-likeness (QED) is 0.441. The smallest absolute Gasteiger partial charge is 0.0345 e. The van der Waals surface area contributed by atoms with Crippen molar-refractivity contribution in [3.05, 3.63) is 70.4 Å². The summed E-state index contributed by atoms with van der Waals surface area (Å²) in [5, 5.41) is 7.09. The second kappa shape index (κ2) is 4.48. The molecule has 0 atom stereocenters. The number of rotatable bonds is 2. The molecule has 0 N–H and O–H groups in total. The van der Waals surface area contributed by atoms with Gasteiger partial charge in [0.05, 0.1) is 0 Å². The van der Waals surface area contributed by atoms with Crippen LogP contribution < -0.4 is 0 Å². The highest BCUT2D eigenvalue weighted by Gasteiger charge is 2.04. The maximum absolute atomic E-state index is 2.32. The molecular weight excluding hydrogens is 268 g/mol. The van der Waals surface area contributed by atoms with Gasteiger partial charge in [-0.2, -0.15) is 0 Å². The molecule has 19 heavy (non-hydrogen) atoms. The molecule has 0 fully saturated rings. The summed E-state index contributed by atoms with van der Waals surface area (Å²) in [6.45, 7) is 0. The fourth-order valence-corrected chi connectivity index (χ4v) is 4.23. The van der Waals surface area contributed by atoms with Crippen LogP contribution in [0.5, 0.6) is 0 Å². The molecule has 0 aliphatic rings. The minimum atomic E-state index is 1.02. The molecule has 0 radical (unpaired) electrons. The van der Waals surface area contributed by atoms with Crippen LogP contribution in [0.3, 0.4) is 0 Å². The van der Waals surface area contributed by atoms with Gasteiger partial charge in [0, 0.05) is 9.40 Å². The summed E-state index contributed by atoms with van der Waals surface area (Å²) in [5.41, 5.74) is 2.82. The van der Waals surface area contributed by atoms with Gasteiger partial charge in [-0.15, -0.1) is 22.7 Å². The summed E-state index contributed by atoms with van der Waals surface area (Å²) in [4.78, 5) is 0. The van der Waals surface area contributed by atoms with Crippen molar-refractivity contribution >= 4 is 42.8 Å². The van der Waals surface area contributed by atoms with Gasteiger partial charge in [-0.25, -0.2) is 0 Å². The Bertz CT molecular complexity index is 852. The van der Waals surface area contributed by atoms with Gasteiger partial charge < -0.3 is 0 Å². The van der Waals surface area contributed by atoms with Crippen molar-refractivity contribution in [2.45, 2.75) is 6.42 Å². The topological polar surface area (TPSA) is 0 Å². The van der Waals surface area contributed by atoms with E-state index < -0.39 is 0 Å². The molecule has 0 bridgehead atoms. The van der Waals surface area contributed by atoms with E-state index in [0.29, 0.717) is 0 Å². The third-order valence-electron chi connectivity index (χ3n) is 3.50. The predicted octanol–water partition coefficient (Wildman–Crippen LogP) is 5.71. The fourth-order valence-electron chi connectivity index (χ4n) is 2.54. The highest BCUT2D eigenvalue weighted by molar-refractivity contribution is 7.17. The molecule has 0 amide bonds. The van der Waals surface area contributed by atoms with Crippen LogP contribution in [0.1, 0.15) is 11.1 Å². The van der Waals surface area contributed by atoms with Crippen molar-refractivity contribution < 1.29 is 0 Å². The summed E-state index contributed by atoms with van der Waals surface area (Å²) < 4.78 is 2.77. The SMILES string of the molecule is c1cc(Cc2ccc3ccsc3c2)c2ccsc2c1. The molecule has 2 heterocycles. The molecule has 0 nitrogen and oxygen atoms in total. The maximum atomic E-state index is 2.32. The van der Waals surface area contributed by atoms with Crippen molar-refractivity contribution in [3.8, 4) is 0 Å². The zero-order valence-electron chi connectivity index (χ0n) is 10.3. The van der Waals surface area contributed by atoms with Gasteiger partial charge in [0.1, 0.15) is 0 Å². The number of benzene rings is 2. The second-order valence-electron chi connectivity index (χ2n) is 4.72. The minimum Gasteiger partial charge on any atom is -0.144 e. The first-order chi connectivity index (χ1) is 9.40. The Hall–Kier alpha value is -1.64. The highest BCUT2D eigenvalue weighted by Crippen LogP contribution is 2.28. The summed E-state index contributed by atoms with van der Waals surface area (Å²) in [5.74, 6) is 0. The Kier molecular flexibility index (Phi) is 2.64. The van der Waals surface area contributed by atoms with Gasteiger partial charge in [0.15, 0.2) is 0 Å². The van der Waals surface area contributed by atoms with E-state index in [4.69, 9.17) is 0 Å². The van der Waals surface area contributed by atoms with Crippen LogP contribution in [0.4, 0.5) is 0 Å². The Morgan fingerprint density at radius 2 is 1.68 bits per heavy atom. The Labute approximate surface area is 119 Å². The van der Waals surface area contributed by atoms with Gasteiger partial charge >= 0.3 is 0 Å². The lowest BCUT2D eigenvalue weighted by atomic mass is 10.0. The molecular formula is C17H12S2. The molecule has 92 valence electrons. The zero-order chi connectivity index (χ0) is 12.7. The lowest BCUT2D eigenvalue weighted by molar-refractivity contribution is 1.23. The average molecular weight is 280 g/mol. The first-order valence-corrected chi connectivity index (χ1v) is 8.07. The normalized spacial score (nSPS) is 11.4. The standard InChI is InChI=1S/C17H12S2/c1-2-14(15-7-9-18-16(15)3-1)10-12-4-5-13-6-8-19-17(13)11-12/h1-9,11H,10H2. The van der Waals surface area contributed by atoms with Crippen LogP contribution in [-0.2, 0) is 6.42 Å². The monoisotopic (exact) mass is 280 g/mol. The van der Waals surface area contributed by atoms with Gasteiger partial charge in [0.2, 0.25) is 0 Å². The number of hydrogen-bond acceptors (Lipinski definition) is 2. The lowest BCUT2D eigenvalue weighted by Gasteiger charge is -2.04. The molecule has 0 saturated carbocycles. The molecule has 4 rings (SSSR count). The maximum Gasteiger partial charge on any atom is 0.0345 e. The number of hydrogen-bond donors (Lipinski definition) is 0. The van der Waals surface area contributed by atoms with Crippen molar-refractivity contribution in [1.29, 1.82) is 0 Å². The zero-order valence-corrected chi connectivity index (χ0v) is 11.9. The largest absolute Gasteiger partial charge is 0.144 e. The third-order valence-corrected chi connectivity index (χ3v) is 5.26. The van der Waals surface area contributed by atoms with E-state index in [2.05, 4.69) is 59.3 Å². The van der Waals surface area contributed by atoms with Crippen molar-refractivity contribution in [2.24, 2.45) is 0 Å². The Balaban J connectivity index is 1.79. The first-order valence-electron chi connectivity index (χ1n) is 6.31. The van der Waals surface area contributed by atoms with E-state index in [0.717, 1.165) is 6.42 Å². The molecule has 2 heteroatoms. The second-order valence-corrected chi connectivity index (χ2v) is 6.61. The van der Waals surface area contributed by atoms with Gasteiger partial charge in [-0.05, 0) is 63.3 Å². The Morgan fingerprint density at radius 1 is 0.789 bits per heavy atom. The van der Waals surface area contributed by atoms with E-state index in [-0.39, 0.29) is 0 Å². The molecule has 0 aliphatic carbocycles. The predicted molar refractivity (Wildman–Crippen MR) is 86.5 cm³/mol. The molecule has 0 saturated heterocycles. The van der Waals surface area contributed by atoms with Crippen LogP contribution in [0, 0.1) is 0 Å². The summed E-state index contributed by atoms with van der Waals surface area (Å²) in [6, 6.07) is 17.8. The van der Waals surface area contributed by atoms with Gasteiger partial charge in [-0.1, -0.05) is 24.3 Å². The lowest BCUT2D eigenvalue weighted by Crippen LogP contribution is -1.88. The van der Waals surface area contributed by atoms with Crippen LogP contribution in [0.2, 0.25) is 0 Å². The van der Waals surface area contributed by atoms with Crippen molar-refractivity contribution in [3.63, 3.8) is 0 Å². The van der Waals surface area contributed by atoms with Crippen LogP contribution >= 0.6 is 22.7 Å². The van der Waals surface area contributed by atoms with Gasteiger partial charge in [0.25, 0.3) is 0 Å². The minimum absolute atomic E-state index is 1.02. The molecule has 0 unspecified atom stereocenters. The highest BCUT2D eigenvalue weighted by atomic mass is 32.1. The van der Waals surface area contributed by atoms with Crippen LogP contribution in [0.25, 0.3) is 20.2 Å². The first kappa shape index (κ1) is 11.2. The molecule has 0 spiro atoms. The van der Waals surface area contributed by atoms with E-state index in [1.165, 1.54) is 31.3 Å². The summed E-state index contributed by atoms with van der Waals surface area (Å²) in [6.07, 6.45) is 1.02. The third kappa shape index (κ3) is 1.97. The molecule has 2 aromatic heterocycles. The fraction of sp³-hybridized carbons (Fsp3) is 0.0588. The molecule has 0 aliphatic heterocycles. The van der Waals surface area contributed by atoms with Crippen molar-refractivity contribution in [2.75, 3.05) is 0 Å². The number of thiophene rings is 2. The molecule has 2 aromatic carbocycles. The van der Waals surface area contributed by atoms with E-state index in [1.807, 2.05) is 22.7 Å². The van der Waals surface area contributed by atoms with E-state index in [1.54, 1.807) is 0 Å². The van der Waals surface area contributed by atoms with Crippen molar-refractivity contribution in [1.82, 2.24) is 0 Å². The van der Waals surface area contributed by atoms with Crippen LogP contribution in [0.15, 0.2) is 59.3 Å².